The summed E-state index contributed by atoms with van der Waals surface area (Å²) in [6, 6.07) is 12.4. The number of benzene rings is 1. The summed E-state index contributed by atoms with van der Waals surface area (Å²) in [7, 11) is 0. The van der Waals surface area contributed by atoms with Crippen molar-refractivity contribution in [3.8, 4) is 5.69 Å². The van der Waals surface area contributed by atoms with Gasteiger partial charge in [0.2, 0.25) is 5.56 Å². The van der Waals surface area contributed by atoms with Gasteiger partial charge in [0, 0.05) is 31.2 Å². The van der Waals surface area contributed by atoms with Gasteiger partial charge in [0.15, 0.2) is 0 Å². The van der Waals surface area contributed by atoms with Gasteiger partial charge in [-0.2, -0.15) is 5.10 Å². The highest BCUT2D eigenvalue weighted by molar-refractivity contribution is 5.93. The van der Waals surface area contributed by atoms with E-state index >= 15 is 0 Å². The van der Waals surface area contributed by atoms with Gasteiger partial charge in [0.25, 0.3) is 5.91 Å². The summed E-state index contributed by atoms with van der Waals surface area (Å²) in [6.07, 6.45) is 4.99. The SMILES string of the molecule is O=C(NCc1ccc(-n2cccn2)cc1)c1ccc(=O)[nH]c1. The van der Waals surface area contributed by atoms with Crippen molar-refractivity contribution in [2.75, 3.05) is 0 Å². The summed E-state index contributed by atoms with van der Waals surface area (Å²) in [5.74, 6) is -0.229. The maximum atomic E-state index is 11.9. The zero-order chi connectivity index (χ0) is 15.4. The molecule has 0 fully saturated rings. The van der Waals surface area contributed by atoms with Crippen molar-refractivity contribution in [1.82, 2.24) is 20.1 Å². The molecule has 0 aliphatic heterocycles. The lowest BCUT2D eigenvalue weighted by Crippen LogP contribution is -2.23. The fourth-order valence-corrected chi connectivity index (χ4v) is 2.02. The lowest BCUT2D eigenvalue weighted by molar-refractivity contribution is 0.0950. The van der Waals surface area contributed by atoms with Crippen molar-refractivity contribution in [3.05, 3.63) is 82.5 Å². The molecule has 2 aromatic heterocycles. The molecule has 2 heterocycles. The van der Waals surface area contributed by atoms with E-state index < -0.39 is 0 Å². The van der Waals surface area contributed by atoms with Crippen LogP contribution in [0, 0.1) is 0 Å². The Morgan fingerprint density at radius 1 is 1.18 bits per heavy atom. The monoisotopic (exact) mass is 294 g/mol. The van der Waals surface area contributed by atoms with E-state index in [2.05, 4.69) is 15.4 Å². The second kappa shape index (κ2) is 6.09. The highest BCUT2D eigenvalue weighted by Gasteiger charge is 2.05. The number of pyridine rings is 1. The third-order valence-electron chi connectivity index (χ3n) is 3.20. The summed E-state index contributed by atoms with van der Waals surface area (Å²) in [5, 5.41) is 6.96. The number of nitrogens with one attached hydrogen (secondary N) is 2. The molecule has 22 heavy (non-hydrogen) atoms. The molecule has 3 aromatic rings. The van der Waals surface area contributed by atoms with Crippen LogP contribution in [0.2, 0.25) is 0 Å². The maximum Gasteiger partial charge on any atom is 0.253 e. The highest BCUT2D eigenvalue weighted by atomic mass is 16.1. The molecule has 0 saturated heterocycles. The van der Waals surface area contributed by atoms with E-state index in [1.54, 1.807) is 10.9 Å². The topological polar surface area (TPSA) is 79.8 Å². The Kier molecular flexibility index (Phi) is 3.82. The first kappa shape index (κ1) is 13.8. The minimum absolute atomic E-state index is 0.229. The first-order valence-electron chi connectivity index (χ1n) is 6.78. The molecule has 2 N–H and O–H groups in total. The van der Waals surface area contributed by atoms with Crippen LogP contribution in [-0.2, 0) is 6.54 Å². The third-order valence-corrected chi connectivity index (χ3v) is 3.20. The zero-order valence-electron chi connectivity index (χ0n) is 11.7. The lowest BCUT2D eigenvalue weighted by atomic mass is 10.2. The molecule has 0 saturated carbocycles. The van der Waals surface area contributed by atoms with Crippen LogP contribution >= 0.6 is 0 Å². The van der Waals surface area contributed by atoms with Gasteiger partial charge in [0.1, 0.15) is 0 Å². The molecule has 0 bridgehead atoms. The molecule has 6 heteroatoms. The standard InChI is InChI=1S/C16H14N4O2/c21-15-7-4-13(11-17-15)16(22)18-10-12-2-5-14(6-3-12)20-9-1-8-19-20/h1-9,11H,10H2,(H,17,21)(H,18,22). The molecular weight excluding hydrogens is 280 g/mol. The van der Waals surface area contributed by atoms with Crippen molar-refractivity contribution >= 4 is 5.91 Å². The number of carbonyl (C=O) groups excluding carboxylic acids is 1. The van der Waals surface area contributed by atoms with E-state index in [0.717, 1.165) is 11.3 Å². The fraction of sp³-hybridized carbons (Fsp3) is 0.0625. The van der Waals surface area contributed by atoms with E-state index in [0.29, 0.717) is 12.1 Å². The van der Waals surface area contributed by atoms with E-state index in [4.69, 9.17) is 0 Å². The van der Waals surface area contributed by atoms with Crippen LogP contribution in [0.25, 0.3) is 5.69 Å². The van der Waals surface area contributed by atoms with Gasteiger partial charge in [0.05, 0.1) is 11.3 Å². The Morgan fingerprint density at radius 3 is 2.64 bits per heavy atom. The molecule has 3 rings (SSSR count). The second-order valence-corrected chi connectivity index (χ2v) is 4.74. The molecule has 0 aliphatic carbocycles. The first-order valence-corrected chi connectivity index (χ1v) is 6.78. The number of H-pyrrole nitrogens is 1. The smallest absolute Gasteiger partial charge is 0.253 e. The molecule has 0 atom stereocenters. The number of nitrogens with zero attached hydrogens (tertiary/aromatic N) is 2. The minimum atomic E-state index is -0.231. The predicted octanol–water partition coefficient (Wildman–Crippen LogP) is 1.49. The molecule has 0 unspecified atom stereocenters. The van der Waals surface area contributed by atoms with Crippen LogP contribution in [0.5, 0.6) is 0 Å². The molecule has 110 valence electrons. The van der Waals surface area contributed by atoms with Crippen molar-refractivity contribution in [1.29, 1.82) is 0 Å². The summed E-state index contributed by atoms with van der Waals surface area (Å²) in [6.45, 7) is 0.414. The van der Waals surface area contributed by atoms with Crippen LogP contribution < -0.4 is 10.9 Å². The maximum absolute atomic E-state index is 11.9. The normalized spacial score (nSPS) is 10.4. The van der Waals surface area contributed by atoms with E-state index in [1.807, 2.05) is 36.5 Å². The first-order chi connectivity index (χ1) is 10.7. The Balaban J connectivity index is 1.63. The highest BCUT2D eigenvalue weighted by Crippen LogP contribution is 2.08. The number of aromatic nitrogens is 3. The average Bonchev–Trinajstić information content (AvgIpc) is 3.08. The molecule has 6 nitrogen and oxygen atoms in total. The average molecular weight is 294 g/mol. The van der Waals surface area contributed by atoms with Crippen LogP contribution in [-0.4, -0.2) is 20.7 Å². The van der Waals surface area contributed by atoms with E-state index in [1.165, 1.54) is 18.3 Å². The van der Waals surface area contributed by atoms with Crippen LogP contribution in [0.3, 0.4) is 0 Å². The molecular formula is C16H14N4O2. The number of amides is 1. The summed E-state index contributed by atoms with van der Waals surface area (Å²) in [5.41, 5.74) is 2.13. The van der Waals surface area contributed by atoms with Crippen molar-refractivity contribution in [2.24, 2.45) is 0 Å². The molecule has 1 aromatic carbocycles. The van der Waals surface area contributed by atoms with Gasteiger partial charge >= 0.3 is 0 Å². The molecule has 0 aliphatic rings. The molecule has 0 radical (unpaired) electrons. The van der Waals surface area contributed by atoms with Crippen molar-refractivity contribution in [2.45, 2.75) is 6.54 Å². The fourth-order valence-electron chi connectivity index (χ4n) is 2.02. The van der Waals surface area contributed by atoms with Crippen LogP contribution in [0.4, 0.5) is 0 Å². The van der Waals surface area contributed by atoms with Gasteiger partial charge in [-0.3, -0.25) is 9.59 Å². The summed E-state index contributed by atoms with van der Waals surface area (Å²) in [4.78, 5) is 25.4. The van der Waals surface area contributed by atoms with Gasteiger partial charge in [-0.05, 0) is 29.8 Å². The number of carbonyl (C=O) groups is 1. The van der Waals surface area contributed by atoms with Gasteiger partial charge in [-0.25, -0.2) is 4.68 Å². The van der Waals surface area contributed by atoms with Gasteiger partial charge in [-0.1, -0.05) is 12.1 Å². The van der Waals surface area contributed by atoms with Crippen LogP contribution in [0.1, 0.15) is 15.9 Å². The number of aromatic amines is 1. The Bertz CT molecular complexity index is 800. The molecule has 1 amide bonds. The predicted molar refractivity (Wildman–Crippen MR) is 81.8 cm³/mol. The quantitative estimate of drug-likeness (QED) is 0.765. The van der Waals surface area contributed by atoms with Crippen molar-refractivity contribution < 1.29 is 4.79 Å². The van der Waals surface area contributed by atoms with E-state index in [-0.39, 0.29) is 11.5 Å². The summed E-state index contributed by atoms with van der Waals surface area (Å²) >= 11 is 0. The Labute approximate surface area is 126 Å². The van der Waals surface area contributed by atoms with Crippen LogP contribution in [0.15, 0.2) is 65.8 Å². The second-order valence-electron chi connectivity index (χ2n) is 4.74. The largest absolute Gasteiger partial charge is 0.348 e. The molecule has 0 spiro atoms. The summed E-state index contributed by atoms with van der Waals surface area (Å²) < 4.78 is 1.77. The zero-order valence-corrected chi connectivity index (χ0v) is 11.7. The Hall–Kier alpha value is -3.15. The number of rotatable bonds is 4. The Morgan fingerprint density at radius 2 is 2.00 bits per heavy atom. The van der Waals surface area contributed by atoms with Crippen molar-refractivity contribution in [3.63, 3.8) is 0 Å². The number of hydrogen-bond acceptors (Lipinski definition) is 3. The minimum Gasteiger partial charge on any atom is -0.348 e. The lowest BCUT2D eigenvalue weighted by Gasteiger charge is -2.06. The van der Waals surface area contributed by atoms with Gasteiger partial charge in [-0.15, -0.1) is 0 Å². The van der Waals surface area contributed by atoms with E-state index in [9.17, 15) is 9.59 Å². The third kappa shape index (κ3) is 3.12. The number of hydrogen-bond donors (Lipinski definition) is 2. The van der Waals surface area contributed by atoms with Gasteiger partial charge < -0.3 is 10.3 Å².